The molecule has 0 aliphatic heterocycles. The monoisotopic (exact) mass is 636 g/mol. The van der Waals surface area contributed by atoms with E-state index in [0.29, 0.717) is 0 Å². The second kappa shape index (κ2) is 9.94. The maximum atomic E-state index is 6.30. The van der Waals surface area contributed by atoms with Crippen molar-refractivity contribution in [2.45, 2.75) is 19.3 Å². The summed E-state index contributed by atoms with van der Waals surface area (Å²) in [7, 11) is 0. The zero-order valence-electron chi connectivity index (χ0n) is 27.9. The van der Waals surface area contributed by atoms with Gasteiger partial charge in [0.25, 0.3) is 0 Å². The molecule has 50 heavy (non-hydrogen) atoms. The van der Waals surface area contributed by atoms with Gasteiger partial charge in [-0.1, -0.05) is 129 Å². The zero-order chi connectivity index (χ0) is 33.1. The fourth-order valence-electron chi connectivity index (χ4n) is 8.94. The van der Waals surface area contributed by atoms with Crippen LogP contribution in [0, 0.1) is 0 Å². The van der Waals surface area contributed by atoms with Crippen molar-refractivity contribution in [3.8, 4) is 33.4 Å². The first-order valence-corrected chi connectivity index (χ1v) is 17.5. The molecule has 1 aliphatic carbocycles. The lowest BCUT2D eigenvalue weighted by Gasteiger charge is -2.23. The number of para-hydroxylation sites is 1. The van der Waals surface area contributed by atoms with Crippen molar-refractivity contribution >= 4 is 65.0 Å². The molecular weight excluding hydrogens is 605 g/mol. The molecule has 1 aromatic heterocycles. The molecule has 1 nitrogen and oxygen atoms in total. The summed E-state index contributed by atoms with van der Waals surface area (Å²) in [6, 6.07) is 58.3. The minimum atomic E-state index is -0.148. The van der Waals surface area contributed by atoms with Gasteiger partial charge in [0.05, 0.1) is 0 Å². The summed E-state index contributed by atoms with van der Waals surface area (Å²) < 4.78 is 6.30. The number of benzene rings is 9. The molecule has 9 aromatic carbocycles. The summed E-state index contributed by atoms with van der Waals surface area (Å²) in [6.07, 6.45) is 0. The molecular formula is C49H32O. The average Bonchev–Trinajstić information content (AvgIpc) is 3.63. The third-order valence-corrected chi connectivity index (χ3v) is 11.4. The Morgan fingerprint density at radius 2 is 1.04 bits per heavy atom. The fourth-order valence-corrected chi connectivity index (χ4v) is 8.94. The van der Waals surface area contributed by atoms with Crippen LogP contribution >= 0.6 is 0 Å². The van der Waals surface area contributed by atoms with Gasteiger partial charge in [-0.3, -0.25) is 0 Å². The molecule has 0 saturated heterocycles. The van der Waals surface area contributed by atoms with E-state index < -0.39 is 0 Å². The van der Waals surface area contributed by atoms with Crippen LogP contribution in [0.25, 0.3) is 98.4 Å². The smallest absolute Gasteiger partial charge is 0.136 e. The first kappa shape index (κ1) is 27.7. The summed E-state index contributed by atoms with van der Waals surface area (Å²) in [5.41, 5.74) is 12.1. The van der Waals surface area contributed by atoms with Gasteiger partial charge in [0.15, 0.2) is 0 Å². The highest BCUT2D eigenvalue weighted by atomic mass is 16.3. The molecule has 11 rings (SSSR count). The van der Waals surface area contributed by atoms with Crippen LogP contribution in [0.3, 0.4) is 0 Å². The lowest BCUT2D eigenvalue weighted by Crippen LogP contribution is -2.15. The van der Waals surface area contributed by atoms with Crippen molar-refractivity contribution in [1.29, 1.82) is 0 Å². The van der Waals surface area contributed by atoms with Gasteiger partial charge in [0, 0.05) is 16.2 Å². The SMILES string of the molecule is CC1(C)c2cc(-c3c4ccccc4cc4c3ccc3ccccc34)ccc2-c2cc3c(-c4ccc5c(c4)oc4ccccc45)cccc3cc21. The maximum absolute atomic E-state index is 6.30. The number of hydrogen-bond donors (Lipinski definition) is 0. The largest absolute Gasteiger partial charge is 0.456 e. The van der Waals surface area contributed by atoms with Gasteiger partial charge in [0.1, 0.15) is 11.2 Å². The molecule has 1 heteroatoms. The highest BCUT2D eigenvalue weighted by molar-refractivity contribution is 6.20. The first-order chi connectivity index (χ1) is 24.5. The first-order valence-electron chi connectivity index (χ1n) is 17.5. The van der Waals surface area contributed by atoms with Crippen molar-refractivity contribution in [1.82, 2.24) is 0 Å². The van der Waals surface area contributed by atoms with Gasteiger partial charge in [0.2, 0.25) is 0 Å². The Kier molecular flexibility index (Phi) is 5.51. The van der Waals surface area contributed by atoms with E-state index in [1.165, 1.54) is 87.6 Å². The van der Waals surface area contributed by atoms with Gasteiger partial charge >= 0.3 is 0 Å². The summed E-state index contributed by atoms with van der Waals surface area (Å²) in [5, 5.41) is 12.6. The molecule has 0 spiro atoms. The number of furan rings is 1. The van der Waals surface area contributed by atoms with E-state index in [4.69, 9.17) is 4.42 Å². The summed E-state index contributed by atoms with van der Waals surface area (Å²) in [6.45, 7) is 4.78. The zero-order valence-corrected chi connectivity index (χ0v) is 27.9. The second-order valence-electron chi connectivity index (χ2n) is 14.5. The minimum Gasteiger partial charge on any atom is -0.456 e. The van der Waals surface area contributed by atoms with Crippen molar-refractivity contribution in [2.24, 2.45) is 0 Å². The highest BCUT2D eigenvalue weighted by Crippen LogP contribution is 2.52. The van der Waals surface area contributed by atoms with Crippen LogP contribution in [0.1, 0.15) is 25.0 Å². The summed E-state index contributed by atoms with van der Waals surface area (Å²) in [5.74, 6) is 0. The van der Waals surface area contributed by atoms with Gasteiger partial charge < -0.3 is 4.42 Å². The number of fused-ring (bicyclic) bond motifs is 11. The lowest BCUT2D eigenvalue weighted by atomic mass is 9.80. The van der Waals surface area contributed by atoms with Gasteiger partial charge in [-0.05, 0) is 130 Å². The van der Waals surface area contributed by atoms with Crippen LogP contribution in [-0.2, 0) is 5.41 Å². The fraction of sp³-hybridized carbons (Fsp3) is 0.0612. The topological polar surface area (TPSA) is 13.1 Å². The molecule has 1 aliphatic rings. The summed E-state index contributed by atoms with van der Waals surface area (Å²) in [4.78, 5) is 0. The van der Waals surface area contributed by atoms with Crippen LogP contribution in [0.2, 0.25) is 0 Å². The van der Waals surface area contributed by atoms with E-state index in [9.17, 15) is 0 Å². The van der Waals surface area contributed by atoms with Crippen molar-refractivity contribution in [3.63, 3.8) is 0 Å². The van der Waals surface area contributed by atoms with Gasteiger partial charge in [-0.2, -0.15) is 0 Å². The quantitative estimate of drug-likeness (QED) is 0.136. The van der Waals surface area contributed by atoms with Crippen molar-refractivity contribution in [3.05, 3.63) is 169 Å². The van der Waals surface area contributed by atoms with Crippen LogP contribution in [0.5, 0.6) is 0 Å². The molecule has 234 valence electrons. The van der Waals surface area contributed by atoms with E-state index in [1.54, 1.807) is 0 Å². The molecule has 0 saturated carbocycles. The molecule has 0 atom stereocenters. The molecule has 10 aromatic rings. The average molecular weight is 637 g/mol. The van der Waals surface area contributed by atoms with E-state index in [1.807, 2.05) is 12.1 Å². The Morgan fingerprint density at radius 3 is 1.94 bits per heavy atom. The number of hydrogen-bond acceptors (Lipinski definition) is 1. The van der Waals surface area contributed by atoms with E-state index in [2.05, 4.69) is 159 Å². The molecule has 0 radical (unpaired) electrons. The Labute approximate surface area is 290 Å². The molecule has 0 fully saturated rings. The van der Waals surface area contributed by atoms with E-state index in [-0.39, 0.29) is 5.41 Å². The second-order valence-corrected chi connectivity index (χ2v) is 14.5. The molecule has 1 heterocycles. The normalized spacial score (nSPS) is 13.6. The Hall–Kier alpha value is -6.18. The van der Waals surface area contributed by atoms with Crippen LogP contribution in [-0.4, -0.2) is 0 Å². The Balaban J connectivity index is 1.11. The Morgan fingerprint density at radius 1 is 0.360 bits per heavy atom. The van der Waals surface area contributed by atoms with Crippen LogP contribution < -0.4 is 0 Å². The van der Waals surface area contributed by atoms with Crippen LogP contribution in [0.4, 0.5) is 0 Å². The van der Waals surface area contributed by atoms with E-state index in [0.717, 1.165) is 21.9 Å². The van der Waals surface area contributed by atoms with Gasteiger partial charge in [-0.25, -0.2) is 0 Å². The van der Waals surface area contributed by atoms with Crippen molar-refractivity contribution < 1.29 is 4.42 Å². The van der Waals surface area contributed by atoms with Crippen LogP contribution in [0.15, 0.2) is 162 Å². The molecule has 0 amide bonds. The Bertz CT molecular complexity index is 3060. The third-order valence-electron chi connectivity index (χ3n) is 11.4. The molecule has 0 unspecified atom stereocenters. The molecule has 0 N–H and O–H groups in total. The van der Waals surface area contributed by atoms with Crippen molar-refractivity contribution in [2.75, 3.05) is 0 Å². The standard InChI is InChI=1S/C49H32O/c1-49(2)44-26-33(48-36-14-6-4-11-30(36)24-42-34-13-5-3-10-29(34)18-23-40(42)48)20-21-37(44)43-28-41-31(25-45(43)49)12-9-16-35(41)32-19-22-39-38-15-7-8-17-46(38)50-47(39)27-32/h3-28H,1-2H3. The van der Waals surface area contributed by atoms with E-state index >= 15 is 0 Å². The molecule has 0 bridgehead atoms. The predicted molar refractivity (Wildman–Crippen MR) is 212 cm³/mol. The third kappa shape index (κ3) is 3.78. The maximum Gasteiger partial charge on any atom is 0.136 e. The summed E-state index contributed by atoms with van der Waals surface area (Å²) >= 11 is 0. The highest BCUT2D eigenvalue weighted by Gasteiger charge is 2.36. The number of rotatable bonds is 2. The van der Waals surface area contributed by atoms with Gasteiger partial charge in [-0.15, -0.1) is 0 Å². The predicted octanol–water partition coefficient (Wildman–Crippen LogP) is 13.8. The minimum absolute atomic E-state index is 0.148. The lowest BCUT2D eigenvalue weighted by molar-refractivity contribution is 0.661.